The summed E-state index contributed by atoms with van der Waals surface area (Å²) < 4.78 is 49.4. The minimum absolute atomic E-state index is 0.00391. The molecule has 0 saturated carbocycles. The van der Waals surface area contributed by atoms with E-state index in [1.807, 2.05) is 0 Å². The first-order valence-electron chi connectivity index (χ1n) is 8.16. The minimum Gasteiger partial charge on any atom is -0.490 e. The van der Waals surface area contributed by atoms with Gasteiger partial charge in [0.2, 0.25) is 0 Å². The van der Waals surface area contributed by atoms with Crippen molar-refractivity contribution in [1.82, 2.24) is 4.72 Å². The molecule has 0 atom stereocenters. The number of nitrogens with zero attached hydrogens (tertiary/aromatic N) is 1. The fourth-order valence-electron chi connectivity index (χ4n) is 2.43. The van der Waals surface area contributed by atoms with Crippen LogP contribution >= 0.6 is 0 Å². The summed E-state index contributed by atoms with van der Waals surface area (Å²) in [5.74, 6) is -0.136. The van der Waals surface area contributed by atoms with Gasteiger partial charge in [-0.3, -0.25) is 14.5 Å². The van der Waals surface area contributed by atoms with Gasteiger partial charge >= 0.3 is 5.97 Å². The maximum atomic E-state index is 12.8. The summed E-state index contributed by atoms with van der Waals surface area (Å²) in [6, 6.07) is 12.0. The summed E-state index contributed by atoms with van der Waals surface area (Å²) in [7, 11) is -3.59. The highest BCUT2D eigenvalue weighted by atomic mass is 32.2. The minimum atomic E-state index is -3.59. The first-order valence-corrected chi connectivity index (χ1v) is 9.65. The Bertz CT molecular complexity index is 958. The van der Waals surface area contributed by atoms with E-state index >= 15 is 0 Å². The molecule has 0 radical (unpaired) electrons. The highest BCUT2D eigenvalue weighted by molar-refractivity contribution is 7.90. The lowest BCUT2D eigenvalue weighted by molar-refractivity contribution is -0.144. The monoisotopic (exact) mass is 392 g/mol. The van der Waals surface area contributed by atoms with Gasteiger partial charge in [0.25, 0.3) is 10.0 Å². The van der Waals surface area contributed by atoms with Crippen molar-refractivity contribution in [1.29, 1.82) is 0 Å². The van der Waals surface area contributed by atoms with Crippen molar-refractivity contribution in [2.24, 2.45) is 4.99 Å². The summed E-state index contributed by atoms with van der Waals surface area (Å²) >= 11 is 0. The van der Waals surface area contributed by atoms with Crippen LogP contribution in [-0.2, 0) is 19.6 Å². The summed E-state index contributed by atoms with van der Waals surface area (Å²) in [6.45, 7) is 0.269. The Hall–Kier alpha value is -2.94. The Morgan fingerprint density at radius 3 is 2.59 bits per heavy atom. The molecule has 27 heavy (non-hydrogen) atoms. The molecule has 7 nitrogen and oxygen atoms in total. The predicted octanol–water partition coefficient (Wildman–Crippen LogP) is 1.88. The van der Waals surface area contributed by atoms with Gasteiger partial charge in [-0.05, 0) is 36.4 Å². The second-order valence-electron chi connectivity index (χ2n) is 5.60. The third-order valence-electron chi connectivity index (χ3n) is 3.68. The van der Waals surface area contributed by atoms with Crippen molar-refractivity contribution in [2.45, 2.75) is 11.3 Å². The number of hydrogen-bond donors (Lipinski definition) is 1. The summed E-state index contributed by atoms with van der Waals surface area (Å²) in [4.78, 5) is 16.0. The van der Waals surface area contributed by atoms with Gasteiger partial charge in [-0.15, -0.1) is 0 Å². The normalized spacial score (nSPS) is 15.8. The first kappa shape index (κ1) is 18.8. The van der Waals surface area contributed by atoms with Gasteiger partial charge in [-0.2, -0.15) is 0 Å². The molecular formula is C18H17FN2O5S. The largest absolute Gasteiger partial charge is 0.490 e. The lowest BCUT2D eigenvalue weighted by Crippen LogP contribution is -2.22. The zero-order valence-corrected chi connectivity index (χ0v) is 15.0. The molecule has 9 heteroatoms. The van der Waals surface area contributed by atoms with Crippen molar-refractivity contribution < 1.29 is 27.1 Å². The number of ether oxygens (including phenoxy) is 2. The lowest BCUT2D eigenvalue weighted by atomic mass is 10.2. The van der Waals surface area contributed by atoms with E-state index in [4.69, 9.17) is 9.47 Å². The number of sulfonamides is 1. The molecule has 0 saturated heterocycles. The average Bonchev–Trinajstić information content (AvgIpc) is 2.91. The van der Waals surface area contributed by atoms with E-state index in [1.54, 1.807) is 18.2 Å². The molecular weight excluding hydrogens is 375 g/mol. The molecule has 0 aliphatic carbocycles. The molecule has 1 heterocycles. The molecule has 1 N–H and O–H groups in total. The lowest BCUT2D eigenvalue weighted by Gasteiger charge is -2.07. The molecule has 0 amide bonds. The van der Waals surface area contributed by atoms with E-state index in [1.165, 1.54) is 30.3 Å². The van der Waals surface area contributed by atoms with Gasteiger partial charge in [0.1, 0.15) is 30.6 Å². The second kappa shape index (κ2) is 8.17. The molecule has 2 aromatic carbocycles. The molecule has 0 bridgehead atoms. The van der Waals surface area contributed by atoms with Crippen LogP contribution in [-0.4, -0.2) is 40.0 Å². The smallest absolute Gasteiger partial charge is 0.307 e. The molecule has 3 rings (SSSR count). The van der Waals surface area contributed by atoms with Crippen LogP contribution in [0.15, 0.2) is 58.4 Å². The molecule has 1 aliphatic rings. The fourth-order valence-corrected chi connectivity index (χ4v) is 3.68. The molecule has 0 unspecified atom stereocenters. The van der Waals surface area contributed by atoms with Crippen LogP contribution in [0.5, 0.6) is 5.75 Å². The standard InChI is InChI=1S/C18H17FN2O5S/c19-13-5-7-14(8-6-13)25-11-12-26-17(22)9-10-20-18-15-3-1-2-4-16(15)27(23,24)21-18/h1-8H,9-12H2,(H,20,21). The molecule has 0 fully saturated rings. The van der Waals surface area contributed by atoms with Crippen molar-refractivity contribution >= 4 is 21.8 Å². The Kier molecular flexibility index (Phi) is 5.70. The molecule has 0 spiro atoms. The van der Waals surface area contributed by atoms with Gasteiger partial charge in [0.05, 0.1) is 17.9 Å². The number of carbonyl (C=O) groups excluding carboxylic acids is 1. The van der Waals surface area contributed by atoms with Crippen molar-refractivity contribution in [3.63, 3.8) is 0 Å². The van der Waals surface area contributed by atoms with E-state index in [0.717, 1.165) is 0 Å². The number of fused-ring (bicyclic) bond motifs is 1. The van der Waals surface area contributed by atoms with Crippen LogP contribution in [0.4, 0.5) is 4.39 Å². The van der Waals surface area contributed by atoms with E-state index in [0.29, 0.717) is 11.3 Å². The quantitative estimate of drug-likeness (QED) is 0.574. The van der Waals surface area contributed by atoms with E-state index in [9.17, 15) is 17.6 Å². The SMILES string of the molecule is O=C(CCN=C1NS(=O)(=O)c2ccccc21)OCCOc1ccc(F)cc1. The number of aliphatic imine (C=N–C) groups is 1. The van der Waals surface area contributed by atoms with Crippen LogP contribution in [0.3, 0.4) is 0 Å². The van der Waals surface area contributed by atoms with Gasteiger partial charge in [-0.25, -0.2) is 12.8 Å². The van der Waals surface area contributed by atoms with Crippen molar-refractivity contribution in [3.8, 4) is 5.75 Å². The zero-order chi connectivity index (χ0) is 19.3. The van der Waals surface area contributed by atoms with Crippen LogP contribution in [0.25, 0.3) is 0 Å². The number of hydrogen-bond acceptors (Lipinski definition) is 6. The van der Waals surface area contributed by atoms with Gasteiger partial charge < -0.3 is 9.47 Å². The van der Waals surface area contributed by atoms with Crippen LogP contribution in [0, 0.1) is 5.82 Å². The third kappa shape index (κ3) is 4.82. The molecule has 2 aromatic rings. The predicted molar refractivity (Wildman–Crippen MR) is 95.6 cm³/mol. The van der Waals surface area contributed by atoms with Gasteiger partial charge in [0, 0.05) is 5.56 Å². The summed E-state index contributed by atoms with van der Waals surface area (Å²) in [6.07, 6.45) is 0.00391. The molecule has 1 aliphatic heterocycles. The molecule has 142 valence electrons. The maximum Gasteiger partial charge on any atom is 0.307 e. The highest BCUT2D eigenvalue weighted by Crippen LogP contribution is 2.22. The van der Waals surface area contributed by atoms with Crippen LogP contribution in [0.1, 0.15) is 12.0 Å². The number of esters is 1. The Morgan fingerprint density at radius 1 is 1.07 bits per heavy atom. The summed E-state index contributed by atoms with van der Waals surface area (Å²) in [5.41, 5.74) is 0.485. The van der Waals surface area contributed by atoms with Gasteiger partial charge in [-0.1, -0.05) is 12.1 Å². The Labute approximate surface area is 155 Å². The second-order valence-corrected chi connectivity index (χ2v) is 7.26. The maximum absolute atomic E-state index is 12.8. The number of rotatable bonds is 7. The Balaban J connectivity index is 1.42. The summed E-state index contributed by atoms with van der Waals surface area (Å²) in [5, 5.41) is 0. The number of benzene rings is 2. The average molecular weight is 392 g/mol. The topological polar surface area (TPSA) is 94.1 Å². The third-order valence-corrected chi connectivity index (χ3v) is 5.07. The fraction of sp³-hybridized carbons (Fsp3) is 0.222. The van der Waals surface area contributed by atoms with E-state index in [-0.39, 0.29) is 42.7 Å². The van der Waals surface area contributed by atoms with Gasteiger partial charge in [0.15, 0.2) is 0 Å². The number of carbonyl (C=O) groups is 1. The molecule has 0 aromatic heterocycles. The highest BCUT2D eigenvalue weighted by Gasteiger charge is 2.29. The number of halogens is 1. The number of amidine groups is 1. The zero-order valence-electron chi connectivity index (χ0n) is 14.2. The van der Waals surface area contributed by atoms with Crippen molar-refractivity contribution in [3.05, 3.63) is 59.9 Å². The number of nitrogens with one attached hydrogen (secondary N) is 1. The first-order chi connectivity index (χ1) is 13.0. The van der Waals surface area contributed by atoms with E-state index in [2.05, 4.69) is 9.71 Å². The van der Waals surface area contributed by atoms with Crippen LogP contribution < -0.4 is 9.46 Å². The van der Waals surface area contributed by atoms with Crippen LogP contribution in [0.2, 0.25) is 0 Å². The Morgan fingerprint density at radius 2 is 1.81 bits per heavy atom. The van der Waals surface area contributed by atoms with Crippen molar-refractivity contribution in [2.75, 3.05) is 19.8 Å². The van der Waals surface area contributed by atoms with E-state index < -0.39 is 16.0 Å².